The minimum Gasteiger partial charge on any atom is -0.383 e. The molecule has 1 saturated carbocycles. The maximum Gasteiger partial charge on any atom is 0.251 e. The number of rotatable bonds is 7. The number of carbonyl (C=O) groups is 1. The van der Waals surface area contributed by atoms with Crippen molar-refractivity contribution in [1.29, 1.82) is 0 Å². The largest absolute Gasteiger partial charge is 0.383 e. The van der Waals surface area contributed by atoms with Gasteiger partial charge in [-0.15, -0.1) is 0 Å². The Morgan fingerprint density at radius 2 is 1.94 bits per heavy atom. The number of nitrogens with one attached hydrogen (secondary N) is 3. The van der Waals surface area contributed by atoms with Gasteiger partial charge in [0.15, 0.2) is 0 Å². The van der Waals surface area contributed by atoms with E-state index in [0.717, 1.165) is 61.2 Å². The Morgan fingerprint density at radius 1 is 1.16 bits per heavy atom. The number of amides is 1. The molecule has 1 aromatic heterocycles. The van der Waals surface area contributed by atoms with Crippen LogP contribution in [0.1, 0.15) is 55.5 Å². The van der Waals surface area contributed by atoms with Crippen LogP contribution in [0.4, 0.5) is 5.95 Å². The van der Waals surface area contributed by atoms with Gasteiger partial charge in [-0.1, -0.05) is 19.9 Å². The number of benzene rings is 1. The fourth-order valence-corrected chi connectivity index (χ4v) is 4.53. The highest BCUT2D eigenvalue weighted by Gasteiger charge is 2.31. The van der Waals surface area contributed by atoms with E-state index in [4.69, 9.17) is 9.72 Å². The summed E-state index contributed by atoms with van der Waals surface area (Å²) in [6, 6.07) is 8.88. The van der Waals surface area contributed by atoms with Gasteiger partial charge >= 0.3 is 0 Å². The third-order valence-corrected chi connectivity index (χ3v) is 6.44. The zero-order valence-corrected chi connectivity index (χ0v) is 18.7. The fraction of sp³-hybridized carbons (Fsp3) is 0.542. The van der Waals surface area contributed by atoms with Crippen molar-refractivity contribution in [3.63, 3.8) is 0 Å². The molecule has 1 fully saturated rings. The van der Waals surface area contributed by atoms with Crippen LogP contribution in [0.15, 0.2) is 30.5 Å². The van der Waals surface area contributed by atoms with Crippen molar-refractivity contribution in [3.05, 3.63) is 41.6 Å². The highest BCUT2D eigenvalue weighted by Crippen LogP contribution is 2.33. The Labute approximate surface area is 184 Å². The highest BCUT2D eigenvalue weighted by atomic mass is 16.5. The van der Waals surface area contributed by atoms with Gasteiger partial charge in [0.1, 0.15) is 0 Å². The lowest BCUT2D eigenvalue weighted by Gasteiger charge is -2.32. The first-order valence-electron chi connectivity index (χ1n) is 11.2. The van der Waals surface area contributed by atoms with Crippen LogP contribution in [-0.2, 0) is 10.2 Å². The highest BCUT2D eigenvalue weighted by molar-refractivity contribution is 5.98. The summed E-state index contributed by atoms with van der Waals surface area (Å²) in [4.78, 5) is 21.5. The molecule has 2 heterocycles. The van der Waals surface area contributed by atoms with Crippen molar-refractivity contribution in [2.24, 2.45) is 0 Å². The molecule has 1 aliphatic carbocycles. The Hall–Kier alpha value is -2.51. The fourth-order valence-electron chi connectivity index (χ4n) is 4.53. The lowest BCUT2D eigenvalue weighted by atomic mass is 9.78. The Balaban J connectivity index is 1.43. The Kier molecular flexibility index (Phi) is 6.53. The molecule has 4 rings (SSSR count). The first-order chi connectivity index (χ1) is 15.0. The molecule has 0 atom stereocenters. The summed E-state index contributed by atoms with van der Waals surface area (Å²) >= 11 is 0. The van der Waals surface area contributed by atoms with Crippen molar-refractivity contribution in [1.82, 2.24) is 20.6 Å². The zero-order valence-electron chi connectivity index (χ0n) is 18.7. The first-order valence-corrected chi connectivity index (χ1v) is 11.2. The average molecular weight is 424 g/mol. The van der Waals surface area contributed by atoms with Crippen LogP contribution >= 0.6 is 0 Å². The van der Waals surface area contributed by atoms with E-state index >= 15 is 0 Å². The molecule has 2 aromatic rings. The maximum absolute atomic E-state index is 12.2. The molecule has 1 aliphatic heterocycles. The van der Waals surface area contributed by atoms with E-state index in [-0.39, 0.29) is 11.3 Å². The molecule has 2 aliphatic rings. The van der Waals surface area contributed by atoms with Crippen LogP contribution < -0.4 is 16.0 Å². The van der Waals surface area contributed by atoms with Gasteiger partial charge in [0.2, 0.25) is 5.95 Å². The van der Waals surface area contributed by atoms with Crippen LogP contribution in [0.5, 0.6) is 0 Å². The molecule has 0 saturated heterocycles. The lowest BCUT2D eigenvalue weighted by Crippen LogP contribution is -2.43. The SMILES string of the molecule is COCCNC1CCC(Nc2nccc(-c3ccc4c(c3)C(C)(C)CNC4=O)n2)CC1. The van der Waals surface area contributed by atoms with Gasteiger partial charge in [0.25, 0.3) is 5.91 Å². The summed E-state index contributed by atoms with van der Waals surface area (Å²) in [7, 11) is 1.73. The second-order valence-electron chi connectivity index (χ2n) is 9.23. The Bertz CT molecular complexity index is 922. The van der Waals surface area contributed by atoms with Gasteiger partial charge < -0.3 is 20.7 Å². The topological polar surface area (TPSA) is 88.2 Å². The van der Waals surface area contributed by atoms with Gasteiger partial charge in [-0.05, 0) is 49.4 Å². The number of anilines is 1. The molecule has 166 valence electrons. The van der Waals surface area contributed by atoms with Crippen LogP contribution in [0, 0.1) is 0 Å². The standard InChI is InChI=1S/C24H33N5O2/c1-24(2)15-27-22(30)19-9-4-16(14-20(19)24)21-10-11-26-23(29-21)28-18-7-5-17(6-8-18)25-12-13-31-3/h4,9-11,14,17-18,25H,5-8,12-13,15H2,1-3H3,(H,27,30)(H,26,28,29). The third-order valence-electron chi connectivity index (χ3n) is 6.44. The van der Waals surface area contributed by atoms with Crippen molar-refractivity contribution in [3.8, 4) is 11.3 Å². The van der Waals surface area contributed by atoms with Crippen molar-refractivity contribution in [2.75, 3.05) is 32.1 Å². The molecule has 31 heavy (non-hydrogen) atoms. The summed E-state index contributed by atoms with van der Waals surface area (Å²) in [6.07, 6.45) is 6.28. The smallest absolute Gasteiger partial charge is 0.251 e. The van der Waals surface area contributed by atoms with Crippen molar-refractivity contribution >= 4 is 11.9 Å². The maximum atomic E-state index is 12.2. The number of ether oxygens (including phenoxy) is 1. The van der Waals surface area contributed by atoms with E-state index in [9.17, 15) is 4.79 Å². The third kappa shape index (κ3) is 5.05. The number of methoxy groups -OCH3 is 1. The minimum absolute atomic E-state index is 0.00164. The number of hydrogen-bond donors (Lipinski definition) is 3. The first kappa shape index (κ1) is 21.7. The number of nitrogens with zero attached hydrogens (tertiary/aromatic N) is 2. The van der Waals surface area contributed by atoms with E-state index in [1.54, 1.807) is 13.3 Å². The number of carbonyl (C=O) groups excluding carboxylic acids is 1. The van der Waals surface area contributed by atoms with E-state index in [0.29, 0.717) is 24.6 Å². The minimum atomic E-state index is -0.108. The predicted octanol–water partition coefficient (Wildman–Crippen LogP) is 3.12. The molecule has 1 amide bonds. The second-order valence-corrected chi connectivity index (χ2v) is 9.23. The van der Waals surface area contributed by atoms with Crippen LogP contribution in [-0.4, -0.2) is 54.8 Å². The summed E-state index contributed by atoms with van der Waals surface area (Å²) in [5.41, 5.74) is 3.60. The van der Waals surface area contributed by atoms with Gasteiger partial charge in [0, 0.05) is 55.0 Å². The molecular weight excluding hydrogens is 390 g/mol. The molecular formula is C24H33N5O2. The van der Waals surface area contributed by atoms with E-state index in [1.807, 2.05) is 18.2 Å². The summed E-state index contributed by atoms with van der Waals surface area (Å²) in [5.74, 6) is 0.668. The van der Waals surface area contributed by atoms with Gasteiger partial charge in [0.05, 0.1) is 12.3 Å². The molecule has 0 spiro atoms. The number of fused-ring (bicyclic) bond motifs is 1. The second kappa shape index (κ2) is 9.32. The summed E-state index contributed by atoms with van der Waals surface area (Å²) in [5, 5.41) is 10.1. The molecule has 1 aromatic carbocycles. The molecule has 7 nitrogen and oxygen atoms in total. The van der Waals surface area contributed by atoms with E-state index < -0.39 is 0 Å². The molecule has 0 radical (unpaired) electrons. The zero-order chi connectivity index (χ0) is 21.8. The van der Waals surface area contributed by atoms with Gasteiger partial charge in [-0.2, -0.15) is 0 Å². The van der Waals surface area contributed by atoms with Crippen LogP contribution in [0.2, 0.25) is 0 Å². The quantitative estimate of drug-likeness (QED) is 0.593. The van der Waals surface area contributed by atoms with Crippen molar-refractivity contribution in [2.45, 2.75) is 57.0 Å². The Morgan fingerprint density at radius 3 is 2.71 bits per heavy atom. The molecule has 0 bridgehead atoms. The normalized spacial score (nSPS) is 22.5. The average Bonchev–Trinajstić information content (AvgIpc) is 2.78. The van der Waals surface area contributed by atoms with E-state index in [2.05, 4.69) is 40.8 Å². The molecule has 3 N–H and O–H groups in total. The molecule has 0 unspecified atom stereocenters. The monoisotopic (exact) mass is 423 g/mol. The van der Waals surface area contributed by atoms with Gasteiger partial charge in [-0.3, -0.25) is 4.79 Å². The van der Waals surface area contributed by atoms with E-state index in [1.165, 1.54) is 0 Å². The lowest BCUT2D eigenvalue weighted by molar-refractivity contribution is 0.0930. The summed E-state index contributed by atoms with van der Waals surface area (Å²) < 4.78 is 5.12. The van der Waals surface area contributed by atoms with Crippen LogP contribution in [0.25, 0.3) is 11.3 Å². The summed E-state index contributed by atoms with van der Waals surface area (Å²) in [6.45, 7) is 6.61. The molecule has 7 heteroatoms. The van der Waals surface area contributed by atoms with Crippen molar-refractivity contribution < 1.29 is 9.53 Å². The van der Waals surface area contributed by atoms with Crippen LogP contribution in [0.3, 0.4) is 0 Å². The number of hydrogen-bond acceptors (Lipinski definition) is 6. The predicted molar refractivity (Wildman–Crippen MR) is 122 cm³/mol. The number of aromatic nitrogens is 2. The van der Waals surface area contributed by atoms with Gasteiger partial charge in [-0.25, -0.2) is 9.97 Å².